The Morgan fingerprint density at radius 2 is 0.774 bits per heavy atom. The summed E-state index contributed by atoms with van der Waals surface area (Å²) in [7, 11) is 0. The molecular weight excluding hydrogens is 372 g/mol. The van der Waals surface area contributed by atoms with Gasteiger partial charge in [-0.25, -0.2) is 0 Å². The van der Waals surface area contributed by atoms with Crippen LogP contribution in [0.5, 0.6) is 0 Å². The van der Waals surface area contributed by atoms with E-state index >= 15 is 0 Å². The Morgan fingerprint density at radius 3 is 1.06 bits per heavy atom. The highest BCUT2D eigenvalue weighted by atomic mass is 14.3. The third-order valence-electron chi connectivity index (χ3n) is 6.52. The van der Waals surface area contributed by atoms with Crippen LogP contribution >= 0.6 is 0 Å². The van der Waals surface area contributed by atoms with Crippen LogP contribution in [0.1, 0.15) is 129 Å². The Bertz CT molecular complexity index is 835. The van der Waals surface area contributed by atoms with Crippen LogP contribution in [0, 0.1) is 0 Å². The maximum atomic E-state index is 2.46. The van der Waals surface area contributed by atoms with Crippen LogP contribution in [-0.4, -0.2) is 0 Å². The molecule has 0 aliphatic rings. The molecule has 0 amide bonds. The van der Waals surface area contributed by atoms with Crippen molar-refractivity contribution in [1.29, 1.82) is 0 Å². The summed E-state index contributed by atoms with van der Waals surface area (Å²) >= 11 is 0. The first-order chi connectivity index (χ1) is 13.8. The van der Waals surface area contributed by atoms with Crippen LogP contribution in [0.2, 0.25) is 0 Å². The SMILES string of the molecule is CC(Cc1cc(C(C)(C)C)cc(C(C)(C)C)c1)c1cc(C(C)(C)C)cc(C(C)(C)C)c1. The summed E-state index contributed by atoms with van der Waals surface area (Å²) in [5.74, 6) is 0.478. The number of hydrogen-bond donors (Lipinski definition) is 0. The first-order valence-electron chi connectivity index (χ1n) is 12.1. The highest BCUT2D eigenvalue weighted by Gasteiger charge is 2.24. The van der Waals surface area contributed by atoms with E-state index in [0.717, 1.165) is 6.42 Å². The van der Waals surface area contributed by atoms with Crippen molar-refractivity contribution >= 4 is 0 Å². The summed E-state index contributed by atoms with van der Waals surface area (Å²) in [5, 5.41) is 0. The van der Waals surface area contributed by atoms with Gasteiger partial charge < -0.3 is 0 Å². The van der Waals surface area contributed by atoms with Crippen molar-refractivity contribution in [2.75, 3.05) is 0 Å². The highest BCUT2D eigenvalue weighted by Crippen LogP contribution is 2.35. The molecule has 0 spiro atoms. The van der Waals surface area contributed by atoms with E-state index in [9.17, 15) is 0 Å². The third kappa shape index (κ3) is 6.71. The van der Waals surface area contributed by atoms with E-state index in [2.05, 4.69) is 126 Å². The molecular formula is C31H48. The van der Waals surface area contributed by atoms with Crippen LogP contribution in [-0.2, 0) is 28.1 Å². The average molecular weight is 421 g/mol. The Balaban J connectivity index is 2.53. The first kappa shape index (κ1) is 25.7. The smallest absolute Gasteiger partial charge is 0.0132 e. The zero-order valence-corrected chi connectivity index (χ0v) is 22.7. The molecule has 0 heteroatoms. The number of benzene rings is 2. The molecule has 0 aliphatic heterocycles. The molecule has 0 radical (unpaired) electrons. The minimum atomic E-state index is 0.154. The van der Waals surface area contributed by atoms with Crippen molar-refractivity contribution in [2.24, 2.45) is 0 Å². The van der Waals surface area contributed by atoms with Crippen molar-refractivity contribution in [2.45, 2.75) is 124 Å². The lowest BCUT2D eigenvalue weighted by molar-refractivity contribution is 0.561. The van der Waals surface area contributed by atoms with Crippen molar-refractivity contribution in [1.82, 2.24) is 0 Å². The number of rotatable bonds is 3. The molecule has 0 aromatic heterocycles. The first-order valence-corrected chi connectivity index (χ1v) is 12.1. The zero-order valence-electron chi connectivity index (χ0n) is 22.7. The normalized spacial score (nSPS) is 14.6. The maximum absolute atomic E-state index is 2.46. The van der Waals surface area contributed by atoms with Gasteiger partial charge >= 0.3 is 0 Å². The Kier molecular flexibility index (Phi) is 6.98. The Labute approximate surface area is 193 Å². The minimum absolute atomic E-state index is 0.154. The molecule has 0 aliphatic carbocycles. The predicted molar refractivity (Wildman–Crippen MR) is 140 cm³/mol. The molecule has 0 bridgehead atoms. The molecule has 0 N–H and O–H groups in total. The molecule has 2 aromatic rings. The van der Waals surface area contributed by atoms with Crippen LogP contribution < -0.4 is 0 Å². The summed E-state index contributed by atoms with van der Waals surface area (Å²) in [6, 6.07) is 14.7. The van der Waals surface area contributed by atoms with E-state index < -0.39 is 0 Å². The van der Waals surface area contributed by atoms with Crippen molar-refractivity contribution in [3.8, 4) is 0 Å². The van der Waals surface area contributed by atoms with E-state index in [1.807, 2.05) is 0 Å². The topological polar surface area (TPSA) is 0 Å². The molecule has 2 aromatic carbocycles. The maximum Gasteiger partial charge on any atom is -0.0132 e. The summed E-state index contributed by atoms with van der Waals surface area (Å²) in [4.78, 5) is 0. The van der Waals surface area contributed by atoms with Gasteiger partial charge in [-0.3, -0.25) is 0 Å². The van der Waals surface area contributed by atoms with Gasteiger partial charge in [0.15, 0.2) is 0 Å². The van der Waals surface area contributed by atoms with Crippen LogP contribution in [0.4, 0.5) is 0 Å². The summed E-state index contributed by atoms with van der Waals surface area (Å²) in [5.41, 5.74) is 9.33. The van der Waals surface area contributed by atoms with Gasteiger partial charge in [0.25, 0.3) is 0 Å². The standard InChI is InChI=1S/C31H48/c1-21(23-17-26(30(8,9)10)20-27(18-23)31(11,12)13)14-22-15-24(28(2,3)4)19-25(16-22)29(5,6)7/h15-21H,14H2,1-13H3. The van der Waals surface area contributed by atoms with E-state index in [1.54, 1.807) is 0 Å². The van der Waals surface area contributed by atoms with E-state index in [0.29, 0.717) is 5.92 Å². The molecule has 0 heterocycles. The predicted octanol–water partition coefficient (Wildman–Crippen LogP) is 9.22. The van der Waals surface area contributed by atoms with E-state index in [4.69, 9.17) is 0 Å². The van der Waals surface area contributed by atoms with Gasteiger partial charge in [0.2, 0.25) is 0 Å². The van der Waals surface area contributed by atoms with Crippen LogP contribution in [0.15, 0.2) is 36.4 Å². The summed E-state index contributed by atoms with van der Waals surface area (Å²) in [6.45, 7) is 30.3. The van der Waals surface area contributed by atoms with Gasteiger partial charge in [-0.15, -0.1) is 0 Å². The van der Waals surface area contributed by atoms with E-state index in [1.165, 1.54) is 33.4 Å². The molecule has 172 valence electrons. The fraction of sp³-hybridized carbons (Fsp3) is 0.613. The molecule has 1 atom stereocenters. The minimum Gasteiger partial charge on any atom is -0.0581 e. The second-order valence-electron chi connectivity index (χ2n) is 13.9. The van der Waals surface area contributed by atoms with Crippen LogP contribution in [0.3, 0.4) is 0 Å². The van der Waals surface area contributed by atoms with Crippen molar-refractivity contribution in [3.05, 3.63) is 69.8 Å². The molecule has 0 saturated carbocycles. The molecule has 0 nitrogen and oxygen atoms in total. The Morgan fingerprint density at radius 1 is 0.484 bits per heavy atom. The largest absolute Gasteiger partial charge is 0.0581 e. The fourth-order valence-corrected chi connectivity index (χ4v) is 3.95. The van der Waals surface area contributed by atoms with Gasteiger partial charge in [-0.1, -0.05) is 126 Å². The average Bonchev–Trinajstić information content (AvgIpc) is 2.58. The molecule has 2 rings (SSSR count). The van der Waals surface area contributed by atoms with E-state index in [-0.39, 0.29) is 21.7 Å². The lowest BCUT2D eigenvalue weighted by Crippen LogP contribution is -2.18. The highest BCUT2D eigenvalue weighted by molar-refractivity contribution is 5.41. The third-order valence-corrected chi connectivity index (χ3v) is 6.52. The summed E-state index contributed by atoms with van der Waals surface area (Å²) < 4.78 is 0. The van der Waals surface area contributed by atoms with Crippen molar-refractivity contribution < 1.29 is 0 Å². The lowest BCUT2D eigenvalue weighted by atomic mass is 9.76. The molecule has 0 fully saturated rings. The quantitative estimate of drug-likeness (QED) is 0.464. The van der Waals surface area contributed by atoms with Gasteiger partial charge in [0, 0.05) is 0 Å². The zero-order chi connectivity index (χ0) is 24.0. The van der Waals surface area contributed by atoms with Gasteiger partial charge in [0.05, 0.1) is 0 Å². The van der Waals surface area contributed by atoms with Gasteiger partial charge in [-0.05, 0) is 67.4 Å². The Hall–Kier alpha value is -1.56. The second-order valence-corrected chi connectivity index (χ2v) is 13.9. The second kappa shape index (κ2) is 8.42. The molecule has 1 unspecified atom stereocenters. The fourth-order valence-electron chi connectivity index (χ4n) is 3.95. The van der Waals surface area contributed by atoms with Gasteiger partial charge in [-0.2, -0.15) is 0 Å². The molecule has 0 saturated heterocycles. The van der Waals surface area contributed by atoms with Crippen LogP contribution in [0.25, 0.3) is 0 Å². The number of hydrogen-bond acceptors (Lipinski definition) is 0. The monoisotopic (exact) mass is 420 g/mol. The molecule has 31 heavy (non-hydrogen) atoms. The van der Waals surface area contributed by atoms with Crippen molar-refractivity contribution in [3.63, 3.8) is 0 Å². The lowest BCUT2D eigenvalue weighted by Gasteiger charge is -2.28. The summed E-state index contributed by atoms with van der Waals surface area (Å²) in [6.07, 6.45) is 1.07. The van der Waals surface area contributed by atoms with Gasteiger partial charge in [0.1, 0.15) is 0 Å².